The lowest BCUT2D eigenvalue weighted by molar-refractivity contribution is -0.142. The monoisotopic (exact) mass is 277 g/mol. The number of benzene rings is 1. The van der Waals surface area contributed by atoms with Crippen molar-refractivity contribution in [2.75, 3.05) is 14.2 Å². The molecule has 0 heterocycles. The fourth-order valence-corrected chi connectivity index (χ4v) is 1.59. The van der Waals surface area contributed by atoms with Crippen LogP contribution in [-0.2, 0) is 22.1 Å². The van der Waals surface area contributed by atoms with Crippen molar-refractivity contribution in [1.29, 1.82) is 0 Å². The zero-order valence-electron chi connectivity index (χ0n) is 10.5. The smallest absolute Gasteiger partial charge is 0.416 e. The maximum atomic E-state index is 12.6. The van der Waals surface area contributed by atoms with E-state index in [4.69, 9.17) is 10.5 Å². The highest BCUT2D eigenvalue weighted by molar-refractivity contribution is 5.75. The number of alkyl halides is 3. The average Bonchev–Trinajstić information content (AvgIpc) is 2.36. The molecule has 0 aromatic heterocycles. The Hall–Kier alpha value is -1.76. The van der Waals surface area contributed by atoms with E-state index in [0.29, 0.717) is 0 Å². The third-order valence-corrected chi connectivity index (χ3v) is 2.55. The van der Waals surface area contributed by atoms with Gasteiger partial charge in [-0.15, -0.1) is 0 Å². The van der Waals surface area contributed by atoms with Gasteiger partial charge in [-0.1, -0.05) is 0 Å². The number of carbonyl (C=O) groups excluding carboxylic acids is 1. The minimum absolute atomic E-state index is 0.0975. The summed E-state index contributed by atoms with van der Waals surface area (Å²) in [4.78, 5) is 11.2. The van der Waals surface area contributed by atoms with Crippen molar-refractivity contribution >= 4 is 5.97 Å². The molecular formula is C12H14F3NO3. The maximum absolute atomic E-state index is 12.6. The molecule has 0 unspecified atom stereocenters. The standard InChI is InChI=1S/C12H14F3NO3/c1-18-10-4-3-8(12(13,14)15)5-7(10)6-9(16)11(17)19-2/h3-5,9H,6,16H2,1-2H3/t9-/m1/s1. The van der Waals surface area contributed by atoms with Crippen molar-refractivity contribution in [3.63, 3.8) is 0 Å². The minimum Gasteiger partial charge on any atom is -0.496 e. The molecule has 1 rings (SSSR count). The Morgan fingerprint density at radius 1 is 1.37 bits per heavy atom. The molecule has 1 aromatic carbocycles. The molecule has 0 spiro atoms. The molecule has 0 fully saturated rings. The summed E-state index contributed by atoms with van der Waals surface area (Å²) < 4.78 is 47.2. The van der Waals surface area contributed by atoms with Crippen LogP contribution >= 0.6 is 0 Å². The van der Waals surface area contributed by atoms with Gasteiger partial charge in [0.1, 0.15) is 11.8 Å². The van der Waals surface area contributed by atoms with Crippen LogP contribution in [0, 0.1) is 0 Å². The number of hydrogen-bond acceptors (Lipinski definition) is 4. The Labute approximate surface area is 108 Å². The van der Waals surface area contributed by atoms with Crippen LogP contribution in [0.15, 0.2) is 18.2 Å². The quantitative estimate of drug-likeness (QED) is 0.852. The van der Waals surface area contributed by atoms with Crippen molar-refractivity contribution < 1.29 is 27.4 Å². The summed E-state index contributed by atoms with van der Waals surface area (Å²) in [5, 5.41) is 0. The summed E-state index contributed by atoms with van der Waals surface area (Å²) in [6, 6.07) is 1.98. The molecule has 0 amide bonds. The zero-order chi connectivity index (χ0) is 14.6. The van der Waals surface area contributed by atoms with E-state index in [1.807, 2.05) is 0 Å². The predicted octanol–water partition coefficient (Wildman–Crippen LogP) is 1.76. The first-order valence-corrected chi connectivity index (χ1v) is 5.37. The van der Waals surface area contributed by atoms with Gasteiger partial charge in [0.15, 0.2) is 0 Å². The van der Waals surface area contributed by atoms with Crippen LogP contribution in [0.3, 0.4) is 0 Å². The number of halogens is 3. The normalized spacial score (nSPS) is 12.9. The second-order valence-electron chi connectivity index (χ2n) is 3.86. The number of methoxy groups -OCH3 is 2. The first-order valence-electron chi connectivity index (χ1n) is 5.37. The highest BCUT2D eigenvalue weighted by atomic mass is 19.4. The molecule has 0 aliphatic carbocycles. The van der Waals surface area contributed by atoms with Crippen LogP contribution in [0.5, 0.6) is 5.75 Å². The Balaban J connectivity index is 3.06. The van der Waals surface area contributed by atoms with E-state index in [1.165, 1.54) is 13.2 Å². The van der Waals surface area contributed by atoms with E-state index in [2.05, 4.69) is 4.74 Å². The van der Waals surface area contributed by atoms with Crippen LogP contribution in [-0.4, -0.2) is 26.2 Å². The van der Waals surface area contributed by atoms with Crippen LogP contribution in [0.2, 0.25) is 0 Å². The summed E-state index contributed by atoms with van der Waals surface area (Å²) in [5.74, 6) is -0.452. The zero-order valence-corrected chi connectivity index (χ0v) is 10.5. The van der Waals surface area contributed by atoms with Gasteiger partial charge in [-0.25, -0.2) is 0 Å². The van der Waals surface area contributed by atoms with E-state index in [0.717, 1.165) is 19.2 Å². The van der Waals surface area contributed by atoms with E-state index in [-0.39, 0.29) is 17.7 Å². The summed E-state index contributed by atoms with van der Waals surface area (Å²) in [6.45, 7) is 0. The molecule has 0 bridgehead atoms. The summed E-state index contributed by atoms with van der Waals surface area (Å²) in [5.41, 5.74) is 4.92. The van der Waals surface area contributed by atoms with Gasteiger partial charge in [0.2, 0.25) is 0 Å². The fraction of sp³-hybridized carbons (Fsp3) is 0.417. The lowest BCUT2D eigenvalue weighted by Crippen LogP contribution is -2.33. The minimum atomic E-state index is -4.46. The summed E-state index contributed by atoms with van der Waals surface area (Å²) >= 11 is 0. The van der Waals surface area contributed by atoms with Gasteiger partial charge in [-0.2, -0.15) is 13.2 Å². The van der Waals surface area contributed by atoms with Gasteiger partial charge in [0.25, 0.3) is 0 Å². The third-order valence-electron chi connectivity index (χ3n) is 2.55. The van der Waals surface area contributed by atoms with Crippen molar-refractivity contribution in [2.45, 2.75) is 18.6 Å². The predicted molar refractivity (Wildman–Crippen MR) is 61.7 cm³/mol. The molecule has 0 aliphatic rings. The molecule has 2 N–H and O–H groups in total. The number of rotatable bonds is 4. The second kappa shape index (κ2) is 5.92. The molecule has 7 heteroatoms. The molecule has 4 nitrogen and oxygen atoms in total. The summed E-state index contributed by atoms with van der Waals surface area (Å²) in [7, 11) is 2.49. The number of esters is 1. The van der Waals surface area contributed by atoms with E-state index >= 15 is 0 Å². The lowest BCUT2D eigenvalue weighted by Gasteiger charge is -2.15. The Morgan fingerprint density at radius 3 is 2.47 bits per heavy atom. The first-order chi connectivity index (χ1) is 8.79. The highest BCUT2D eigenvalue weighted by Gasteiger charge is 2.31. The molecule has 106 valence electrons. The van der Waals surface area contributed by atoms with Gasteiger partial charge >= 0.3 is 12.1 Å². The lowest BCUT2D eigenvalue weighted by atomic mass is 10.0. The van der Waals surface area contributed by atoms with Crippen molar-refractivity contribution in [2.24, 2.45) is 5.73 Å². The fourth-order valence-electron chi connectivity index (χ4n) is 1.59. The molecule has 0 radical (unpaired) electrons. The highest BCUT2D eigenvalue weighted by Crippen LogP contribution is 2.32. The molecule has 1 atom stereocenters. The van der Waals surface area contributed by atoms with Crippen LogP contribution < -0.4 is 10.5 Å². The molecule has 0 saturated heterocycles. The number of carbonyl (C=O) groups is 1. The van der Waals surface area contributed by atoms with Gasteiger partial charge in [0.05, 0.1) is 19.8 Å². The van der Waals surface area contributed by atoms with E-state index in [1.54, 1.807) is 0 Å². The van der Waals surface area contributed by atoms with E-state index < -0.39 is 23.8 Å². The number of ether oxygens (including phenoxy) is 2. The van der Waals surface area contributed by atoms with Crippen LogP contribution in [0.4, 0.5) is 13.2 Å². The Kier molecular flexibility index (Phi) is 4.77. The maximum Gasteiger partial charge on any atom is 0.416 e. The average molecular weight is 277 g/mol. The van der Waals surface area contributed by atoms with Crippen LogP contribution in [0.25, 0.3) is 0 Å². The molecular weight excluding hydrogens is 263 g/mol. The molecule has 19 heavy (non-hydrogen) atoms. The molecule has 0 saturated carbocycles. The van der Waals surface area contributed by atoms with E-state index in [9.17, 15) is 18.0 Å². The Morgan fingerprint density at radius 2 is 2.00 bits per heavy atom. The first kappa shape index (κ1) is 15.3. The molecule has 0 aliphatic heterocycles. The van der Waals surface area contributed by atoms with Crippen molar-refractivity contribution in [3.05, 3.63) is 29.3 Å². The number of nitrogens with two attached hydrogens (primary N) is 1. The molecule has 1 aromatic rings. The van der Waals surface area contributed by atoms with Gasteiger partial charge in [0, 0.05) is 6.42 Å². The topological polar surface area (TPSA) is 61.5 Å². The SMILES string of the molecule is COC(=O)[C@H](N)Cc1cc(C(F)(F)F)ccc1OC. The largest absolute Gasteiger partial charge is 0.496 e. The summed E-state index contributed by atoms with van der Waals surface area (Å²) in [6.07, 6.45) is -4.56. The second-order valence-corrected chi connectivity index (χ2v) is 3.86. The van der Waals surface area contributed by atoms with Gasteiger partial charge in [-0.05, 0) is 23.8 Å². The van der Waals surface area contributed by atoms with Gasteiger partial charge < -0.3 is 15.2 Å². The van der Waals surface area contributed by atoms with Crippen LogP contribution in [0.1, 0.15) is 11.1 Å². The van der Waals surface area contributed by atoms with Gasteiger partial charge in [-0.3, -0.25) is 4.79 Å². The van der Waals surface area contributed by atoms with Crippen molar-refractivity contribution in [1.82, 2.24) is 0 Å². The third kappa shape index (κ3) is 3.85. The number of hydrogen-bond donors (Lipinski definition) is 1. The Bertz CT molecular complexity index is 460. The van der Waals surface area contributed by atoms with Crippen molar-refractivity contribution in [3.8, 4) is 5.75 Å².